The fraction of sp³-hybridized carbons (Fsp3) is 0.556. The van der Waals surface area contributed by atoms with Crippen molar-refractivity contribution in [3.8, 4) is 0 Å². The molecule has 0 radical (unpaired) electrons. The Morgan fingerprint density at radius 1 is 1.56 bits per heavy atom. The van der Waals surface area contributed by atoms with Gasteiger partial charge < -0.3 is 5.73 Å². The van der Waals surface area contributed by atoms with Crippen molar-refractivity contribution in [3.05, 3.63) is 15.9 Å². The van der Waals surface area contributed by atoms with Gasteiger partial charge in [-0.1, -0.05) is 0 Å². The molecule has 1 aromatic rings. The third-order valence-electron chi connectivity index (χ3n) is 2.72. The Balaban J connectivity index is 2.21. The van der Waals surface area contributed by atoms with E-state index in [1.54, 1.807) is 12.1 Å². The molecule has 0 unspecified atom stereocenters. The van der Waals surface area contributed by atoms with E-state index in [0.717, 1.165) is 10.2 Å². The Morgan fingerprint density at radius 3 is 2.81 bits per heavy atom. The van der Waals surface area contributed by atoms with Crippen LogP contribution in [0.4, 0.5) is 0 Å². The van der Waals surface area contributed by atoms with Gasteiger partial charge in [0.1, 0.15) is 4.21 Å². The van der Waals surface area contributed by atoms with Crippen LogP contribution in [-0.2, 0) is 10.0 Å². The van der Waals surface area contributed by atoms with Crippen LogP contribution in [-0.4, -0.2) is 32.4 Å². The first kappa shape index (κ1) is 12.5. The summed E-state index contributed by atoms with van der Waals surface area (Å²) < 4.78 is 27.1. The number of sulfonamides is 1. The summed E-state index contributed by atoms with van der Waals surface area (Å²) in [5.41, 5.74) is 5.56. The smallest absolute Gasteiger partial charge is 0.252 e. The maximum atomic E-state index is 12.2. The van der Waals surface area contributed by atoms with Crippen molar-refractivity contribution in [1.29, 1.82) is 0 Å². The van der Waals surface area contributed by atoms with Crippen LogP contribution in [0.2, 0.25) is 0 Å². The molecule has 0 spiro atoms. The molecule has 2 heterocycles. The van der Waals surface area contributed by atoms with E-state index in [9.17, 15) is 8.42 Å². The molecule has 0 aliphatic carbocycles. The van der Waals surface area contributed by atoms with Crippen molar-refractivity contribution in [3.63, 3.8) is 0 Å². The summed E-state index contributed by atoms with van der Waals surface area (Å²) >= 11 is 4.52. The molecule has 2 N–H and O–H groups in total. The normalized spacial score (nSPS) is 22.8. The van der Waals surface area contributed by atoms with Crippen molar-refractivity contribution in [2.24, 2.45) is 11.7 Å². The van der Waals surface area contributed by atoms with E-state index in [4.69, 9.17) is 5.73 Å². The molecule has 0 amide bonds. The topological polar surface area (TPSA) is 63.4 Å². The van der Waals surface area contributed by atoms with E-state index in [0.29, 0.717) is 29.8 Å². The van der Waals surface area contributed by atoms with E-state index < -0.39 is 10.0 Å². The van der Waals surface area contributed by atoms with Gasteiger partial charge in [-0.05, 0) is 46.9 Å². The number of hydrogen-bond donors (Lipinski definition) is 1. The fourth-order valence-corrected chi connectivity index (χ4v) is 5.47. The van der Waals surface area contributed by atoms with Gasteiger partial charge in [0.05, 0.1) is 3.79 Å². The fourth-order valence-electron chi connectivity index (χ4n) is 1.77. The molecule has 1 fully saturated rings. The highest BCUT2D eigenvalue weighted by Gasteiger charge is 2.32. The third-order valence-corrected chi connectivity index (χ3v) is 6.68. The van der Waals surface area contributed by atoms with Gasteiger partial charge in [-0.15, -0.1) is 11.3 Å². The highest BCUT2D eigenvalue weighted by molar-refractivity contribution is 9.11. The standard InChI is InChI=1S/C9H13BrN2O2S2/c10-8-1-2-9(15-8)16(13,14)12-4-3-7(5-11)6-12/h1-2,7H,3-6,11H2/t7-/m0/s1. The molecule has 4 nitrogen and oxygen atoms in total. The Hall–Kier alpha value is 0.0500. The van der Waals surface area contributed by atoms with Crippen molar-refractivity contribution in [2.45, 2.75) is 10.6 Å². The van der Waals surface area contributed by atoms with E-state index in [-0.39, 0.29) is 0 Å². The summed E-state index contributed by atoms with van der Waals surface area (Å²) in [6, 6.07) is 3.40. The first-order chi connectivity index (χ1) is 7.54. The second kappa shape index (κ2) is 4.73. The van der Waals surface area contributed by atoms with Gasteiger partial charge in [0.2, 0.25) is 0 Å². The predicted molar refractivity (Wildman–Crippen MR) is 67.9 cm³/mol. The first-order valence-corrected chi connectivity index (χ1v) is 8.04. The SMILES string of the molecule is NC[C@@H]1CCN(S(=O)(=O)c2ccc(Br)s2)C1. The second-order valence-corrected chi connectivity index (χ2v) is 8.44. The average molecular weight is 325 g/mol. The summed E-state index contributed by atoms with van der Waals surface area (Å²) in [6.07, 6.45) is 0.863. The Morgan fingerprint density at radius 2 is 2.31 bits per heavy atom. The van der Waals surface area contributed by atoms with Crippen LogP contribution in [0, 0.1) is 5.92 Å². The summed E-state index contributed by atoms with van der Waals surface area (Å²) in [7, 11) is -3.29. The largest absolute Gasteiger partial charge is 0.330 e. The number of halogens is 1. The van der Waals surface area contributed by atoms with Gasteiger partial charge in [-0.2, -0.15) is 4.31 Å². The second-order valence-electron chi connectivity index (χ2n) is 3.81. The molecule has 1 saturated heterocycles. The average Bonchev–Trinajstić information content (AvgIpc) is 2.85. The number of hydrogen-bond acceptors (Lipinski definition) is 4. The van der Waals surface area contributed by atoms with E-state index in [1.807, 2.05) is 0 Å². The maximum Gasteiger partial charge on any atom is 0.252 e. The molecule has 7 heteroatoms. The first-order valence-electron chi connectivity index (χ1n) is 4.99. The zero-order chi connectivity index (χ0) is 11.8. The number of nitrogens with two attached hydrogens (primary N) is 1. The van der Waals surface area contributed by atoms with Gasteiger partial charge in [0.15, 0.2) is 0 Å². The van der Waals surface area contributed by atoms with Gasteiger partial charge >= 0.3 is 0 Å². The lowest BCUT2D eigenvalue weighted by Crippen LogP contribution is -2.29. The van der Waals surface area contributed by atoms with Crippen LogP contribution in [0.1, 0.15) is 6.42 Å². The summed E-state index contributed by atoms with van der Waals surface area (Å²) in [4.78, 5) is 0. The van der Waals surface area contributed by atoms with Crippen LogP contribution < -0.4 is 5.73 Å². The van der Waals surface area contributed by atoms with Crippen molar-refractivity contribution in [1.82, 2.24) is 4.31 Å². The van der Waals surface area contributed by atoms with Gasteiger partial charge in [0.25, 0.3) is 10.0 Å². The highest BCUT2D eigenvalue weighted by Crippen LogP contribution is 2.30. The predicted octanol–water partition coefficient (Wildman–Crippen LogP) is 1.48. The zero-order valence-corrected chi connectivity index (χ0v) is 11.8. The molecule has 1 atom stereocenters. The third kappa shape index (κ3) is 2.33. The molecule has 16 heavy (non-hydrogen) atoms. The van der Waals surface area contributed by atoms with E-state index in [1.165, 1.54) is 15.6 Å². The molecule has 1 aliphatic rings. The van der Waals surface area contributed by atoms with Crippen LogP contribution in [0.15, 0.2) is 20.1 Å². The Labute approximate surface area is 108 Å². The minimum absolute atomic E-state index is 0.304. The van der Waals surface area contributed by atoms with Crippen LogP contribution in [0.25, 0.3) is 0 Å². The van der Waals surface area contributed by atoms with Crippen LogP contribution in [0.5, 0.6) is 0 Å². The summed E-state index contributed by atoms with van der Waals surface area (Å²) in [5, 5.41) is 0. The minimum Gasteiger partial charge on any atom is -0.330 e. The van der Waals surface area contributed by atoms with Gasteiger partial charge in [-0.3, -0.25) is 0 Å². The Bertz CT molecular complexity index is 472. The lowest BCUT2D eigenvalue weighted by atomic mass is 10.1. The summed E-state index contributed by atoms with van der Waals surface area (Å²) in [6.45, 7) is 1.69. The molecule has 0 aromatic carbocycles. The quantitative estimate of drug-likeness (QED) is 0.916. The molecule has 1 aliphatic heterocycles. The molecule has 1 aromatic heterocycles. The number of nitrogens with zero attached hydrogens (tertiary/aromatic N) is 1. The molecular weight excluding hydrogens is 312 g/mol. The molecule has 2 rings (SSSR count). The van der Waals surface area contributed by atoms with Gasteiger partial charge in [-0.25, -0.2) is 8.42 Å². The monoisotopic (exact) mass is 324 g/mol. The van der Waals surface area contributed by atoms with Gasteiger partial charge in [0, 0.05) is 13.1 Å². The molecule has 0 saturated carbocycles. The van der Waals surface area contributed by atoms with Crippen LogP contribution >= 0.6 is 27.3 Å². The van der Waals surface area contributed by atoms with Crippen molar-refractivity contribution in [2.75, 3.05) is 19.6 Å². The Kier molecular flexibility index (Phi) is 3.70. The number of thiophene rings is 1. The van der Waals surface area contributed by atoms with Crippen molar-refractivity contribution >= 4 is 37.3 Å². The van der Waals surface area contributed by atoms with E-state index in [2.05, 4.69) is 15.9 Å². The molecular formula is C9H13BrN2O2S2. The summed E-state index contributed by atoms with van der Waals surface area (Å²) in [5.74, 6) is 0.304. The molecule has 0 bridgehead atoms. The van der Waals surface area contributed by atoms with E-state index >= 15 is 0 Å². The number of rotatable bonds is 3. The maximum absolute atomic E-state index is 12.2. The van der Waals surface area contributed by atoms with Crippen molar-refractivity contribution < 1.29 is 8.42 Å². The molecule has 90 valence electrons. The lowest BCUT2D eigenvalue weighted by Gasteiger charge is -2.14. The van der Waals surface area contributed by atoms with Crippen LogP contribution in [0.3, 0.4) is 0 Å². The highest BCUT2D eigenvalue weighted by atomic mass is 79.9. The zero-order valence-electron chi connectivity index (χ0n) is 8.60. The lowest BCUT2D eigenvalue weighted by molar-refractivity contribution is 0.460. The minimum atomic E-state index is -3.29.